The molecule has 2 aromatic carbocycles. The van der Waals surface area contributed by atoms with E-state index >= 15 is 0 Å². The van der Waals surface area contributed by atoms with Gasteiger partial charge < -0.3 is 5.11 Å². The van der Waals surface area contributed by atoms with E-state index in [0.29, 0.717) is 5.92 Å². The zero-order valence-electron chi connectivity index (χ0n) is 30.7. The van der Waals surface area contributed by atoms with Crippen LogP contribution in [0, 0.1) is 23.8 Å². The van der Waals surface area contributed by atoms with Gasteiger partial charge >= 0.3 is 0 Å². The third-order valence-electron chi connectivity index (χ3n) is 9.13. The number of hydrogen-bond acceptors (Lipinski definition) is 5. The second-order valence-electron chi connectivity index (χ2n) is 14.2. The van der Waals surface area contributed by atoms with Crippen LogP contribution >= 0.6 is 11.3 Å². The maximum atomic E-state index is 11.7. The molecule has 6 heteroatoms. The molecule has 0 amide bonds. The largest absolute Gasteiger partial charge is 0.512 e. The number of aliphatic hydroxyl groups is 1. The van der Waals surface area contributed by atoms with Gasteiger partial charge in [-0.3, -0.25) is 9.78 Å². The number of ketones is 1. The molecule has 1 N–H and O–H groups in total. The summed E-state index contributed by atoms with van der Waals surface area (Å²) in [6, 6.07) is 23.1. The van der Waals surface area contributed by atoms with E-state index in [4.69, 9.17) is 9.97 Å². The molecule has 0 aliphatic rings. The summed E-state index contributed by atoms with van der Waals surface area (Å²) in [6.07, 6.45) is 7.83. The fourth-order valence-electron chi connectivity index (χ4n) is 6.22. The van der Waals surface area contributed by atoms with Gasteiger partial charge in [-0.2, -0.15) is 0 Å². The Labute approximate surface area is 311 Å². The van der Waals surface area contributed by atoms with Gasteiger partial charge in [0.1, 0.15) is 4.83 Å². The number of hydrogen-bond donors (Lipinski definition) is 1. The minimum Gasteiger partial charge on any atom is -0.512 e. The maximum Gasteiger partial charge on any atom is 0.162 e. The second-order valence-corrected chi connectivity index (χ2v) is 15.1. The summed E-state index contributed by atoms with van der Waals surface area (Å²) in [5.74, 6) is 1.15. The molecule has 0 spiro atoms. The Balaban J connectivity index is 0.000000347. The van der Waals surface area contributed by atoms with Crippen LogP contribution in [0.15, 0.2) is 78.0 Å². The van der Waals surface area contributed by atoms with Gasteiger partial charge in [-0.05, 0) is 67.2 Å². The van der Waals surface area contributed by atoms with Crippen molar-refractivity contribution in [1.29, 1.82) is 0 Å². The Morgan fingerprint density at radius 3 is 2.22 bits per heavy atom. The number of carbonyl (C=O) groups excluding carboxylic acids is 1. The van der Waals surface area contributed by atoms with Gasteiger partial charge in [-0.15, -0.1) is 40.5 Å². The maximum absolute atomic E-state index is 11.7. The summed E-state index contributed by atoms with van der Waals surface area (Å²) in [6.45, 7) is 19.3. The SMILES string of the molecule is CC(C)Cc1ccc2c(-c3ccnc(-c4[c-]c5ccccc5c(C(C)(C)C)c4)c3)csc2n1.CCC(CC)C(=O)/C=C(\O)C(CC)CC.[Ir]. The predicted octanol–water partition coefficient (Wildman–Crippen LogP) is 12.3. The topological polar surface area (TPSA) is 63.1 Å². The molecule has 3 heterocycles. The smallest absolute Gasteiger partial charge is 0.162 e. The number of carbonyl (C=O) groups is 1. The van der Waals surface area contributed by atoms with Crippen molar-refractivity contribution in [3.63, 3.8) is 0 Å². The molecule has 0 fully saturated rings. The Bertz CT molecular complexity index is 1860. The molecule has 1 radical (unpaired) electrons. The molecule has 0 unspecified atom stereocenters. The van der Waals surface area contributed by atoms with E-state index in [2.05, 4.69) is 101 Å². The molecule has 5 rings (SSSR count). The average Bonchev–Trinajstić information content (AvgIpc) is 3.48. The number of aromatic nitrogens is 2. The first-order chi connectivity index (χ1) is 22.9. The average molecular weight is 854 g/mol. The molecule has 263 valence electrons. The molecular formula is C43H53IrN2O2S-. The number of allylic oxidation sites excluding steroid dienone is 2. The summed E-state index contributed by atoms with van der Waals surface area (Å²) in [5, 5.41) is 15.6. The van der Waals surface area contributed by atoms with Crippen LogP contribution in [0.25, 0.3) is 43.4 Å². The molecule has 49 heavy (non-hydrogen) atoms. The zero-order valence-corrected chi connectivity index (χ0v) is 33.9. The van der Waals surface area contributed by atoms with Gasteiger partial charge in [0.2, 0.25) is 0 Å². The van der Waals surface area contributed by atoms with Crippen molar-refractivity contribution in [3.05, 3.63) is 95.3 Å². The number of fused-ring (bicyclic) bond motifs is 2. The summed E-state index contributed by atoms with van der Waals surface area (Å²) in [5.41, 5.74) is 6.90. The summed E-state index contributed by atoms with van der Waals surface area (Å²) >= 11 is 1.72. The van der Waals surface area contributed by atoms with Crippen LogP contribution in [-0.2, 0) is 36.7 Å². The number of aliphatic hydroxyl groups excluding tert-OH is 1. The van der Waals surface area contributed by atoms with Crippen LogP contribution in [0.4, 0.5) is 0 Å². The van der Waals surface area contributed by atoms with E-state index in [0.717, 1.165) is 53.6 Å². The Morgan fingerprint density at radius 1 is 0.918 bits per heavy atom. The number of benzene rings is 2. The quantitative estimate of drug-likeness (QED) is 0.0817. The minimum absolute atomic E-state index is 0. The number of thiophene rings is 1. The van der Waals surface area contributed by atoms with Gasteiger partial charge in [0.05, 0.1) is 5.76 Å². The standard InChI is InChI=1S/C30H29N2S.C13H24O2.Ir/c1-19(2)14-23-10-11-25-26(18-33-29(25)32-23)21-12-13-31-28(17-21)22-15-20-8-6-7-9-24(20)27(16-22)30(3,4)5;1-5-10(6-2)12(14)9-13(15)11(7-3)8-4;/h6-13,16-19H,14H2,1-5H3;9-11,14H,5-8H2,1-4H3;/q-1;;/b;12-9-;. The van der Waals surface area contributed by atoms with E-state index in [-0.39, 0.29) is 48.9 Å². The molecule has 0 aliphatic carbocycles. The van der Waals surface area contributed by atoms with E-state index in [9.17, 15) is 9.90 Å². The van der Waals surface area contributed by atoms with E-state index in [1.807, 2.05) is 33.9 Å². The van der Waals surface area contributed by atoms with Crippen molar-refractivity contribution in [2.75, 3.05) is 0 Å². The molecule has 0 bridgehead atoms. The Morgan fingerprint density at radius 2 is 1.59 bits per heavy atom. The predicted molar refractivity (Wildman–Crippen MR) is 206 cm³/mol. The van der Waals surface area contributed by atoms with Crippen LogP contribution in [0.3, 0.4) is 0 Å². The third kappa shape index (κ3) is 10.2. The summed E-state index contributed by atoms with van der Waals surface area (Å²) in [7, 11) is 0. The van der Waals surface area contributed by atoms with Crippen LogP contribution in [0.2, 0.25) is 0 Å². The van der Waals surface area contributed by atoms with Crippen LogP contribution in [0.1, 0.15) is 99.3 Å². The van der Waals surface area contributed by atoms with Gasteiger partial charge in [0.15, 0.2) is 5.78 Å². The Hall–Kier alpha value is -3.18. The molecule has 0 saturated heterocycles. The van der Waals surface area contributed by atoms with E-state index in [1.54, 1.807) is 11.3 Å². The molecule has 0 saturated carbocycles. The normalized spacial score (nSPS) is 12.0. The minimum atomic E-state index is 0. The van der Waals surface area contributed by atoms with Crippen LogP contribution in [-0.4, -0.2) is 20.9 Å². The van der Waals surface area contributed by atoms with Crippen LogP contribution in [0.5, 0.6) is 0 Å². The van der Waals surface area contributed by atoms with Crippen molar-refractivity contribution in [2.45, 2.75) is 99.8 Å². The number of nitrogens with zero attached hydrogens (tertiary/aromatic N) is 2. The van der Waals surface area contributed by atoms with E-state index < -0.39 is 0 Å². The van der Waals surface area contributed by atoms with Gasteiger partial charge in [0.25, 0.3) is 0 Å². The fraction of sp³-hybridized carbons (Fsp3) is 0.419. The first-order valence-electron chi connectivity index (χ1n) is 17.6. The fourth-order valence-corrected chi connectivity index (χ4v) is 7.19. The first kappa shape index (κ1) is 40.3. The summed E-state index contributed by atoms with van der Waals surface area (Å²) < 4.78 is 0. The zero-order chi connectivity index (χ0) is 35.0. The number of rotatable bonds is 11. The third-order valence-corrected chi connectivity index (χ3v) is 10.0. The number of pyridine rings is 2. The van der Waals surface area contributed by atoms with Crippen molar-refractivity contribution in [2.24, 2.45) is 17.8 Å². The molecule has 3 aromatic heterocycles. The van der Waals surface area contributed by atoms with Gasteiger partial charge in [-0.1, -0.05) is 97.5 Å². The van der Waals surface area contributed by atoms with Crippen molar-refractivity contribution < 1.29 is 30.0 Å². The molecule has 0 aliphatic heterocycles. The molecule has 5 aromatic rings. The van der Waals surface area contributed by atoms with Gasteiger partial charge in [-0.25, -0.2) is 4.98 Å². The second kappa shape index (κ2) is 18.2. The Kier molecular flexibility index (Phi) is 14.9. The first-order valence-corrected chi connectivity index (χ1v) is 18.5. The van der Waals surface area contributed by atoms with Crippen LogP contribution < -0.4 is 0 Å². The monoisotopic (exact) mass is 854 g/mol. The van der Waals surface area contributed by atoms with Crippen molar-refractivity contribution in [3.8, 4) is 22.4 Å². The summed E-state index contributed by atoms with van der Waals surface area (Å²) in [4.78, 5) is 22.5. The van der Waals surface area contributed by atoms with Crippen molar-refractivity contribution >= 4 is 38.1 Å². The molecule has 0 atom stereocenters. The van der Waals surface area contributed by atoms with Gasteiger partial charge in [0, 0.05) is 71.9 Å². The van der Waals surface area contributed by atoms with E-state index in [1.165, 1.54) is 39.2 Å². The van der Waals surface area contributed by atoms with Crippen molar-refractivity contribution in [1.82, 2.24) is 9.97 Å². The molecular weight excluding hydrogens is 801 g/mol. The molecule has 4 nitrogen and oxygen atoms in total.